The van der Waals surface area contributed by atoms with Crippen LogP contribution in [-0.2, 0) is 12.7 Å². The molecule has 4 rings (SSSR count). The lowest BCUT2D eigenvalue weighted by Crippen LogP contribution is -2.40. The van der Waals surface area contributed by atoms with Gasteiger partial charge in [-0.25, -0.2) is 9.18 Å². The zero-order chi connectivity index (χ0) is 23.9. The van der Waals surface area contributed by atoms with Gasteiger partial charge in [0.15, 0.2) is 0 Å². The number of alkyl halides is 3. The monoisotopic (exact) mass is 500 g/mol. The molecule has 174 valence electrons. The van der Waals surface area contributed by atoms with E-state index in [9.17, 15) is 27.5 Å². The van der Waals surface area contributed by atoms with Crippen molar-refractivity contribution in [3.63, 3.8) is 0 Å². The number of hydrogen-bond acceptors (Lipinski definition) is 6. The summed E-state index contributed by atoms with van der Waals surface area (Å²) in [7, 11) is 0. The minimum absolute atomic E-state index is 0.0568. The van der Waals surface area contributed by atoms with Crippen LogP contribution in [0.15, 0.2) is 41.2 Å². The second-order valence-corrected chi connectivity index (χ2v) is 8.99. The first-order chi connectivity index (χ1) is 15.5. The third-order valence-corrected chi connectivity index (χ3v) is 6.56. The molecular formula is C21H17ClF4N4O2S. The molecule has 3 heterocycles. The van der Waals surface area contributed by atoms with E-state index in [1.54, 1.807) is 17.9 Å². The summed E-state index contributed by atoms with van der Waals surface area (Å²) in [4.78, 5) is 22.1. The highest BCUT2D eigenvalue weighted by atomic mass is 35.5. The third-order valence-electron chi connectivity index (χ3n) is 5.15. The van der Waals surface area contributed by atoms with Crippen LogP contribution >= 0.6 is 22.9 Å². The topological polar surface area (TPSA) is 71.2 Å². The molecule has 1 atom stereocenters. The SMILES string of the molecule is Cc1nc(N2CC=C(c3ccc(F)c(Cl)c3)[C@@H](O)C2)nc(=O)n1Cc1ccc(C(F)(F)F)s1. The van der Waals surface area contributed by atoms with Crippen LogP contribution in [0.3, 0.4) is 0 Å². The molecule has 0 unspecified atom stereocenters. The van der Waals surface area contributed by atoms with Crippen molar-refractivity contribution in [1.29, 1.82) is 0 Å². The Labute approximate surface area is 194 Å². The molecule has 0 bridgehead atoms. The Hall–Kier alpha value is -2.76. The second-order valence-electron chi connectivity index (χ2n) is 7.41. The predicted octanol–water partition coefficient (Wildman–Crippen LogP) is 4.13. The van der Waals surface area contributed by atoms with E-state index in [0.29, 0.717) is 27.4 Å². The van der Waals surface area contributed by atoms with Gasteiger partial charge in [-0.3, -0.25) is 4.57 Å². The summed E-state index contributed by atoms with van der Waals surface area (Å²) in [5, 5.41) is 10.5. The number of aromatic nitrogens is 3. The number of thiophene rings is 1. The highest BCUT2D eigenvalue weighted by Crippen LogP contribution is 2.35. The number of benzene rings is 1. The lowest BCUT2D eigenvalue weighted by Gasteiger charge is -2.30. The van der Waals surface area contributed by atoms with E-state index in [1.807, 2.05) is 0 Å². The van der Waals surface area contributed by atoms with Crippen LogP contribution in [0.25, 0.3) is 5.57 Å². The molecular weight excluding hydrogens is 484 g/mol. The summed E-state index contributed by atoms with van der Waals surface area (Å²) < 4.78 is 53.1. The normalized spacial score (nSPS) is 16.8. The number of hydrogen-bond donors (Lipinski definition) is 1. The highest BCUT2D eigenvalue weighted by molar-refractivity contribution is 7.12. The number of β-amino-alcohol motifs (C(OH)–C–C–N with tert-alkyl or cyclic N) is 1. The van der Waals surface area contributed by atoms with Crippen LogP contribution < -0.4 is 10.6 Å². The van der Waals surface area contributed by atoms with Crippen molar-refractivity contribution >= 4 is 34.5 Å². The lowest BCUT2D eigenvalue weighted by molar-refractivity contribution is -0.134. The Morgan fingerprint density at radius 1 is 1.24 bits per heavy atom. The molecule has 1 aliphatic rings. The van der Waals surface area contributed by atoms with Gasteiger partial charge >= 0.3 is 11.9 Å². The molecule has 0 saturated heterocycles. The van der Waals surface area contributed by atoms with Gasteiger partial charge in [-0.1, -0.05) is 23.7 Å². The fraction of sp³-hybridized carbons (Fsp3) is 0.286. The van der Waals surface area contributed by atoms with Crippen molar-refractivity contribution in [2.24, 2.45) is 0 Å². The molecule has 2 aromatic heterocycles. The Balaban J connectivity index is 1.55. The fourth-order valence-electron chi connectivity index (χ4n) is 3.48. The number of anilines is 1. The van der Waals surface area contributed by atoms with Crippen molar-refractivity contribution in [1.82, 2.24) is 14.5 Å². The third kappa shape index (κ3) is 4.94. The summed E-state index contributed by atoms with van der Waals surface area (Å²) in [6, 6.07) is 6.46. The van der Waals surface area contributed by atoms with Gasteiger partial charge in [0.05, 0.1) is 24.2 Å². The van der Waals surface area contributed by atoms with E-state index in [1.165, 1.54) is 28.8 Å². The van der Waals surface area contributed by atoms with Crippen molar-refractivity contribution in [3.8, 4) is 0 Å². The molecule has 6 nitrogen and oxygen atoms in total. The van der Waals surface area contributed by atoms with E-state index < -0.39 is 28.7 Å². The maximum absolute atomic E-state index is 13.4. The average Bonchev–Trinajstić information content (AvgIpc) is 3.22. The smallest absolute Gasteiger partial charge is 0.387 e. The zero-order valence-corrected chi connectivity index (χ0v) is 18.7. The van der Waals surface area contributed by atoms with Gasteiger partial charge in [0, 0.05) is 11.4 Å². The largest absolute Gasteiger partial charge is 0.425 e. The van der Waals surface area contributed by atoms with Crippen LogP contribution in [-0.4, -0.2) is 38.8 Å². The van der Waals surface area contributed by atoms with E-state index in [0.717, 1.165) is 6.07 Å². The van der Waals surface area contributed by atoms with Gasteiger partial charge < -0.3 is 10.0 Å². The molecule has 0 amide bonds. The number of nitrogens with zero attached hydrogens (tertiary/aromatic N) is 4. The van der Waals surface area contributed by atoms with E-state index in [2.05, 4.69) is 9.97 Å². The van der Waals surface area contributed by atoms with Crippen molar-refractivity contribution in [3.05, 3.63) is 78.9 Å². The highest BCUT2D eigenvalue weighted by Gasteiger charge is 2.32. The maximum atomic E-state index is 13.4. The molecule has 0 aliphatic carbocycles. The van der Waals surface area contributed by atoms with Gasteiger partial charge in [-0.2, -0.15) is 23.1 Å². The van der Waals surface area contributed by atoms with Crippen LogP contribution in [0.1, 0.15) is 21.1 Å². The molecule has 1 aromatic carbocycles. The van der Waals surface area contributed by atoms with Gasteiger partial charge in [0.25, 0.3) is 0 Å². The zero-order valence-electron chi connectivity index (χ0n) is 17.1. The standard InChI is InChI=1S/C21H17ClF4N4O2S/c1-11-27-19(28-20(32)30(11)9-13-3-5-18(33-13)21(24,25)26)29-7-6-14(17(31)10-29)12-2-4-16(23)15(22)8-12/h2-6,8,17,31H,7,9-10H2,1H3/t17-/m0/s1. The van der Waals surface area contributed by atoms with E-state index in [-0.39, 0.29) is 36.4 Å². The molecule has 0 radical (unpaired) electrons. The van der Waals surface area contributed by atoms with Crippen molar-refractivity contribution in [2.45, 2.75) is 25.7 Å². The van der Waals surface area contributed by atoms with Crippen molar-refractivity contribution < 1.29 is 22.7 Å². The molecule has 0 spiro atoms. The Kier molecular flexibility index (Phi) is 6.30. The quantitative estimate of drug-likeness (QED) is 0.545. The van der Waals surface area contributed by atoms with Gasteiger partial charge in [-0.15, -0.1) is 11.3 Å². The Morgan fingerprint density at radius 3 is 2.61 bits per heavy atom. The van der Waals surface area contributed by atoms with Crippen LogP contribution in [0.2, 0.25) is 5.02 Å². The molecule has 3 aromatic rings. The van der Waals surface area contributed by atoms with Crippen molar-refractivity contribution in [2.75, 3.05) is 18.0 Å². The molecule has 12 heteroatoms. The average molecular weight is 501 g/mol. The summed E-state index contributed by atoms with van der Waals surface area (Å²) >= 11 is 6.39. The van der Waals surface area contributed by atoms with Gasteiger partial charge in [0.2, 0.25) is 5.95 Å². The second kappa shape index (κ2) is 8.88. The molecule has 0 fully saturated rings. The fourth-order valence-corrected chi connectivity index (χ4v) is 4.53. The number of aliphatic hydroxyl groups excluding tert-OH is 1. The molecule has 1 aliphatic heterocycles. The Bertz CT molecular complexity index is 1290. The Morgan fingerprint density at radius 2 is 2.00 bits per heavy atom. The van der Waals surface area contributed by atoms with E-state index >= 15 is 0 Å². The summed E-state index contributed by atoms with van der Waals surface area (Å²) in [5.74, 6) is -0.182. The van der Waals surface area contributed by atoms with Crippen LogP contribution in [0.5, 0.6) is 0 Å². The maximum Gasteiger partial charge on any atom is 0.425 e. The van der Waals surface area contributed by atoms with Gasteiger partial charge in [-0.05, 0) is 42.3 Å². The van der Waals surface area contributed by atoms with Crippen LogP contribution in [0.4, 0.5) is 23.5 Å². The number of aliphatic hydroxyl groups is 1. The summed E-state index contributed by atoms with van der Waals surface area (Å²) in [6.07, 6.45) is -3.69. The van der Waals surface area contributed by atoms with E-state index in [4.69, 9.17) is 11.6 Å². The summed E-state index contributed by atoms with van der Waals surface area (Å²) in [5.41, 5.74) is 0.487. The lowest BCUT2D eigenvalue weighted by atomic mass is 9.97. The minimum atomic E-state index is -4.44. The number of aryl methyl sites for hydroxylation is 1. The molecule has 0 saturated carbocycles. The number of rotatable bonds is 4. The predicted molar refractivity (Wildman–Crippen MR) is 117 cm³/mol. The first-order valence-corrected chi connectivity index (χ1v) is 10.9. The van der Waals surface area contributed by atoms with Crippen LogP contribution in [0, 0.1) is 12.7 Å². The first kappa shape index (κ1) is 23.4. The molecule has 1 N–H and O–H groups in total. The molecule has 33 heavy (non-hydrogen) atoms. The minimum Gasteiger partial charge on any atom is -0.387 e. The number of halogens is 5. The van der Waals surface area contributed by atoms with Gasteiger partial charge in [0.1, 0.15) is 16.5 Å². The first-order valence-electron chi connectivity index (χ1n) is 9.73. The summed E-state index contributed by atoms with van der Waals surface area (Å²) in [6.45, 7) is 1.85.